The van der Waals surface area contributed by atoms with Crippen LogP contribution in [0, 0.1) is 0 Å². The number of carbonyl (C=O) groups excluding carboxylic acids is 2. The first-order valence-electron chi connectivity index (χ1n) is 5.94. The summed E-state index contributed by atoms with van der Waals surface area (Å²) in [5, 5.41) is 14.1. The molecule has 2 heterocycles. The minimum atomic E-state index is -0.546. The molecule has 0 bridgehead atoms. The number of nitrogens with zero attached hydrogens (tertiary/aromatic N) is 5. The molecule has 9 heteroatoms. The van der Waals surface area contributed by atoms with Gasteiger partial charge in [0.1, 0.15) is 6.54 Å². The molecule has 0 fully saturated rings. The summed E-state index contributed by atoms with van der Waals surface area (Å²) in [6.07, 6.45) is 3.15. The molecule has 0 spiro atoms. The van der Waals surface area contributed by atoms with E-state index in [0.29, 0.717) is 12.4 Å². The lowest BCUT2D eigenvalue weighted by Crippen LogP contribution is -2.19. The molecule has 2 rings (SSSR count). The number of aromatic nitrogens is 5. The third kappa shape index (κ3) is 3.19. The normalized spacial score (nSPS) is 10.3. The van der Waals surface area contributed by atoms with Crippen molar-refractivity contribution in [3.8, 4) is 0 Å². The summed E-state index contributed by atoms with van der Waals surface area (Å²) in [6, 6.07) is 1.48. The van der Waals surface area contributed by atoms with Crippen molar-refractivity contribution in [2.45, 2.75) is 20.0 Å². The summed E-state index contributed by atoms with van der Waals surface area (Å²) in [5.41, 5.74) is 0.150. The summed E-state index contributed by atoms with van der Waals surface area (Å²) >= 11 is 0. The van der Waals surface area contributed by atoms with E-state index < -0.39 is 5.97 Å². The standard InChI is InChI=1S/C11H14N6O3/c1-3-16-6-9(13-15-16)12-10(18)7-17-5-4-8(14-17)11(19)20-2/h4-6H,3,7H2,1-2H3,(H,12,18). The number of ether oxygens (including phenoxy) is 1. The van der Waals surface area contributed by atoms with Gasteiger partial charge in [-0.1, -0.05) is 5.21 Å². The summed E-state index contributed by atoms with van der Waals surface area (Å²) < 4.78 is 7.46. The Hall–Kier alpha value is -2.71. The number of esters is 1. The van der Waals surface area contributed by atoms with Crippen molar-refractivity contribution in [1.82, 2.24) is 24.8 Å². The number of hydrogen-bond acceptors (Lipinski definition) is 6. The van der Waals surface area contributed by atoms with E-state index in [1.54, 1.807) is 10.9 Å². The van der Waals surface area contributed by atoms with Gasteiger partial charge in [-0.05, 0) is 13.0 Å². The second-order valence-corrected chi connectivity index (χ2v) is 3.90. The smallest absolute Gasteiger partial charge is 0.358 e. The number of nitrogens with one attached hydrogen (secondary N) is 1. The largest absolute Gasteiger partial charge is 0.464 e. The first kappa shape index (κ1) is 13.7. The number of amides is 1. The van der Waals surface area contributed by atoms with Crippen molar-refractivity contribution in [3.63, 3.8) is 0 Å². The molecule has 9 nitrogen and oxygen atoms in total. The molecular formula is C11H14N6O3. The number of carbonyl (C=O) groups is 2. The van der Waals surface area contributed by atoms with Crippen molar-refractivity contribution >= 4 is 17.7 Å². The van der Waals surface area contributed by atoms with Crippen LogP contribution in [0.15, 0.2) is 18.5 Å². The Morgan fingerprint density at radius 3 is 2.85 bits per heavy atom. The molecular weight excluding hydrogens is 264 g/mol. The van der Waals surface area contributed by atoms with Gasteiger partial charge in [-0.25, -0.2) is 4.79 Å². The maximum absolute atomic E-state index is 11.8. The van der Waals surface area contributed by atoms with E-state index in [1.807, 2.05) is 6.92 Å². The predicted octanol–water partition coefficient (Wildman–Crippen LogP) is -0.0802. The van der Waals surface area contributed by atoms with Crippen LogP contribution >= 0.6 is 0 Å². The monoisotopic (exact) mass is 278 g/mol. The van der Waals surface area contributed by atoms with Gasteiger partial charge in [-0.15, -0.1) is 5.10 Å². The minimum absolute atomic E-state index is 0.0318. The molecule has 0 aliphatic carbocycles. The lowest BCUT2D eigenvalue weighted by Gasteiger charge is -2.01. The van der Waals surface area contributed by atoms with Crippen molar-refractivity contribution < 1.29 is 14.3 Å². The number of aryl methyl sites for hydroxylation is 1. The topological polar surface area (TPSA) is 104 Å². The molecule has 106 valence electrons. The summed E-state index contributed by atoms with van der Waals surface area (Å²) in [5.74, 6) is -0.486. The van der Waals surface area contributed by atoms with E-state index in [-0.39, 0.29) is 18.1 Å². The quantitative estimate of drug-likeness (QED) is 0.767. The highest BCUT2D eigenvalue weighted by Crippen LogP contribution is 2.01. The molecule has 0 aliphatic heterocycles. The molecule has 0 radical (unpaired) electrons. The Morgan fingerprint density at radius 2 is 2.20 bits per heavy atom. The Morgan fingerprint density at radius 1 is 1.40 bits per heavy atom. The highest BCUT2D eigenvalue weighted by Gasteiger charge is 2.11. The molecule has 20 heavy (non-hydrogen) atoms. The summed E-state index contributed by atoms with van der Waals surface area (Å²) in [4.78, 5) is 23.0. The van der Waals surface area contributed by atoms with E-state index in [1.165, 1.54) is 24.1 Å². The van der Waals surface area contributed by atoms with Gasteiger partial charge in [0, 0.05) is 12.7 Å². The Balaban J connectivity index is 1.94. The summed E-state index contributed by atoms with van der Waals surface area (Å²) in [6.45, 7) is 2.55. The molecule has 2 aromatic rings. The van der Waals surface area contributed by atoms with Crippen molar-refractivity contribution in [1.29, 1.82) is 0 Å². The lowest BCUT2D eigenvalue weighted by molar-refractivity contribution is -0.116. The van der Waals surface area contributed by atoms with Crippen LogP contribution in [0.2, 0.25) is 0 Å². The highest BCUT2D eigenvalue weighted by atomic mass is 16.5. The zero-order valence-electron chi connectivity index (χ0n) is 11.1. The predicted molar refractivity (Wildman–Crippen MR) is 67.9 cm³/mol. The van der Waals surface area contributed by atoms with Crippen LogP contribution in [0.1, 0.15) is 17.4 Å². The maximum Gasteiger partial charge on any atom is 0.358 e. The lowest BCUT2D eigenvalue weighted by atomic mass is 10.4. The van der Waals surface area contributed by atoms with Gasteiger partial charge < -0.3 is 10.1 Å². The first-order valence-corrected chi connectivity index (χ1v) is 5.94. The number of anilines is 1. The van der Waals surface area contributed by atoms with Crippen LogP contribution in [0.3, 0.4) is 0 Å². The third-order valence-corrected chi connectivity index (χ3v) is 2.47. The van der Waals surface area contributed by atoms with Gasteiger partial charge in [-0.3, -0.25) is 14.2 Å². The van der Waals surface area contributed by atoms with Crippen LogP contribution < -0.4 is 5.32 Å². The van der Waals surface area contributed by atoms with Gasteiger partial charge in [0.15, 0.2) is 11.5 Å². The Labute approximate surface area is 114 Å². The molecule has 0 unspecified atom stereocenters. The van der Waals surface area contributed by atoms with Gasteiger partial charge in [0.2, 0.25) is 5.91 Å². The number of rotatable bonds is 5. The van der Waals surface area contributed by atoms with Gasteiger partial charge in [0.05, 0.1) is 13.3 Å². The Kier molecular flexibility index (Phi) is 4.08. The van der Waals surface area contributed by atoms with E-state index in [0.717, 1.165) is 0 Å². The fraction of sp³-hybridized carbons (Fsp3) is 0.364. The van der Waals surface area contributed by atoms with E-state index in [4.69, 9.17) is 0 Å². The maximum atomic E-state index is 11.8. The van der Waals surface area contributed by atoms with Crippen molar-refractivity contribution in [3.05, 3.63) is 24.2 Å². The van der Waals surface area contributed by atoms with E-state index in [9.17, 15) is 9.59 Å². The van der Waals surface area contributed by atoms with Crippen molar-refractivity contribution in [2.75, 3.05) is 12.4 Å². The summed E-state index contributed by atoms with van der Waals surface area (Å²) in [7, 11) is 1.27. The fourth-order valence-electron chi connectivity index (χ4n) is 1.50. The van der Waals surface area contributed by atoms with Crippen molar-refractivity contribution in [2.24, 2.45) is 0 Å². The van der Waals surface area contributed by atoms with Crippen LogP contribution in [0.4, 0.5) is 5.82 Å². The van der Waals surface area contributed by atoms with Crippen LogP contribution in [-0.2, 0) is 22.6 Å². The van der Waals surface area contributed by atoms with Gasteiger partial charge >= 0.3 is 5.97 Å². The molecule has 0 aromatic carbocycles. The van der Waals surface area contributed by atoms with Crippen LogP contribution in [-0.4, -0.2) is 43.8 Å². The molecule has 0 saturated heterocycles. The second kappa shape index (κ2) is 5.95. The van der Waals surface area contributed by atoms with E-state index >= 15 is 0 Å². The average molecular weight is 278 g/mol. The van der Waals surface area contributed by atoms with Gasteiger partial charge in [0.25, 0.3) is 0 Å². The minimum Gasteiger partial charge on any atom is -0.464 e. The molecule has 0 atom stereocenters. The van der Waals surface area contributed by atoms with Crippen LogP contribution in [0.5, 0.6) is 0 Å². The Bertz CT molecular complexity index is 617. The second-order valence-electron chi connectivity index (χ2n) is 3.90. The fourth-order valence-corrected chi connectivity index (χ4v) is 1.50. The zero-order chi connectivity index (χ0) is 14.5. The highest BCUT2D eigenvalue weighted by molar-refractivity contribution is 5.89. The molecule has 2 aromatic heterocycles. The third-order valence-electron chi connectivity index (χ3n) is 2.47. The number of methoxy groups -OCH3 is 1. The molecule has 0 aliphatic rings. The molecule has 1 N–H and O–H groups in total. The molecule has 1 amide bonds. The molecule has 0 saturated carbocycles. The first-order chi connectivity index (χ1) is 9.62. The van der Waals surface area contributed by atoms with Gasteiger partial charge in [-0.2, -0.15) is 5.10 Å². The van der Waals surface area contributed by atoms with Crippen LogP contribution in [0.25, 0.3) is 0 Å². The zero-order valence-corrected chi connectivity index (χ0v) is 11.1. The SMILES string of the molecule is CCn1cc(NC(=O)Cn2ccc(C(=O)OC)n2)nn1. The average Bonchev–Trinajstić information content (AvgIpc) is 3.07. The number of hydrogen-bond donors (Lipinski definition) is 1. The van der Waals surface area contributed by atoms with E-state index in [2.05, 4.69) is 25.5 Å².